The molecule has 1 rings (SSSR count). The molecule has 0 saturated carbocycles. The fourth-order valence-corrected chi connectivity index (χ4v) is 3.77. The van der Waals surface area contributed by atoms with Gasteiger partial charge in [0.1, 0.15) is 0 Å². The molecule has 0 aromatic heterocycles. The third-order valence-electron chi connectivity index (χ3n) is 5.82. The number of ether oxygens (including phenoxy) is 3. The van der Waals surface area contributed by atoms with E-state index in [2.05, 4.69) is 13.8 Å². The summed E-state index contributed by atoms with van der Waals surface area (Å²) in [5, 5.41) is 0. The second-order valence-electron chi connectivity index (χ2n) is 8.69. The second-order valence-corrected chi connectivity index (χ2v) is 8.69. The van der Waals surface area contributed by atoms with Gasteiger partial charge in [0.05, 0.1) is 24.4 Å². The molecule has 0 aromatic carbocycles. The number of cyclic esters (lactones) is 2. The van der Waals surface area contributed by atoms with Gasteiger partial charge in [-0.05, 0) is 12.8 Å². The molecule has 0 aliphatic carbocycles. The van der Waals surface area contributed by atoms with Crippen LogP contribution in [-0.4, -0.2) is 38.4 Å². The van der Waals surface area contributed by atoms with Gasteiger partial charge in [0, 0.05) is 13.2 Å². The minimum Gasteiger partial charge on any atom is -0.386 e. The summed E-state index contributed by atoms with van der Waals surface area (Å²) in [7, 11) is 0. The van der Waals surface area contributed by atoms with E-state index >= 15 is 0 Å². The van der Waals surface area contributed by atoms with Gasteiger partial charge in [-0.25, -0.2) is 9.59 Å². The molecular weight excluding hydrogens is 392 g/mol. The van der Waals surface area contributed by atoms with Crippen LogP contribution in [0.1, 0.15) is 117 Å². The first-order chi connectivity index (χ1) is 15.2. The SMILES string of the molecule is CCCCCCCCCCOCC1=C(COCCCCCCCCCC)C(=O)OC1=O. The molecule has 1 heterocycles. The van der Waals surface area contributed by atoms with E-state index < -0.39 is 11.9 Å². The molecule has 5 heteroatoms. The molecule has 0 amide bonds. The van der Waals surface area contributed by atoms with Gasteiger partial charge in [-0.1, -0.05) is 104 Å². The molecule has 0 fully saturated rings. The zero-order valence-corrected chi connectivity index (χ0v) is 20.2. The maximum atomic E-state index is 11.9. The average Bonchev–Trinajstić information content (AvgIpc) is 3.03. The number of hydrogen-bond donors (Lipinski definition) is 0. The third kappa shape index (κ3) is 13.7. The lowest BCUT2D eigenvalue weighted by Crippen LogP contribution is -2.10. The van der Waals surface area contributed by atoms with Crippen molar-refractivity contribution in [2.75, 3.05) is 26.4 Å². The van der Waals surface area contributed by atoms with E-state index in [1.165, 1.54) is 77.0 Å². The fourth-order valence-electron chi connectivity index (χ4n) is 3.77. The second kappa shape index (κ2) is 19.5. The third-order valence-corrected chi connectivity index (χ3v) is 5.82. The van der Waals surface area contributed by atoms with Crippen molar-refractivity contribution >= 4 is 11.9 Å². The Labute approximate surface area is 190 Å². The quantitative estimate of drug-likeness (QED) is 0.107. The van der Waals surface area contributed by atoms with Crippen LogP contribution in [0.25, 0.3) is 0 Å². The molecule has 0 aromatic rings. The largest absolute Gasteiger partial charge is 0.386 e. The van der Waals surface area contributed by atoms with E-state index in [4.69, 9.17) is 14.2 Å². The summed E-state index contributed by atoms with van der Waals surface area (Å²) in [6, 6.07) is 0. The lowest BCUT2D eigenvalue weighted by atomic mass is 10.1. The number of carbonyl (C=O) groups is 2. The summed E-state index contributed by atoms with van der Waals surface area (Å²) in [5.74, 6) is -1.15. The maximum Gasteiger partial charge on any atom is 0.344 e. The summed E-state index contributed by atoms with van der Waals surface area (Å²) in [6.45, 7) is 5.94. The van der Waals surface area contributed by atoms with Crippen molar-refractivity contribution in [3.63, 3.8) is 0 Å². The van der Waals surface area contributed by atoms with Gasteiger partial charge in [-0.3, -0.25) is 0 Å². The normalized spacial score (nSPS) is 14.0. The monoisotopic (exact) mass is 438 g/mol. The minimum absolute atomic E-state index is 0.136. The maximum absolute atomic E-state index is 11.9. The highest BCUT2D eigenvalue weighted by atomic mass is 16.6. The summed E-state index contributed by atoms with van der Waals surface area (Å²) >= 11 is 0. The minimum atomic E-state index is -0.577. The van der Waals surface area contributed by atoms with Gasteiger partial charge in [-0.2, -0.15) is 0 Å². The van der Waals surface area contributed by atoms with Crippen molar-refractivity contribution in [2.45, 2.75) is 117 Å². The van der Waals surface area contributed by atoms with E-state index in [0.29, 0.717) is 24.4 Å². The highest BCUT2D eigenvalue weighted by molar-refractivity contribution is 6.12. The van der Waals surface area contributed by atoms with Gasteiger partial charge >= 0.3 is 11.9 Å². The number of hydrogen-bond acceptors (Lipinski definition) is 5. The lowest BCUT2D eigenvalue weighted by Gasteiger charge is -2.07. The van der Waals surface area contributed by atoms with Crippen molar-refractivity contribution in [2.24, 2.45) is 0 Å². The molecular formula is C26H46O5. The molecule has 180 valence electrons. The summed E-state index contributed by atoms with van der Waals surface area (Å²) in [5.41, 5.74) is 0.668. The fraction of sp³-hybridized carbons (Fsp3) is 0.846. The van der Waals surface area contributed by atoms with Crippen LogP contribution in [-0.2, 0) is 23.8 Å². The van der Waals surface area contributed by atoms with Crippen molar-refractivity contribution in [3.05, 3.63) is 11.1 Å². The summed E-state index contributed by atoms with van der Waals surface area (Å²) < 4.78 is 16.0. The number of rotatable bonds is 22. The molecule has 0 unspecified atom stereocenters. The standard InChI is InChI=1S/C26H46O5/c1-3-5-7-9-11-13-15-17-19-29-21-23-24(26(28)31-25(23)27)22-30-20-18-16-14-12-10-8-6-4-2/h3-22H2,1-2H3. The molecule has 1 aliphatic rings. The molecule has 0 radical (unpaired) electrons. The van der Waals surface area contributed by atoms with Crippen molar-refractivity contribution < 1.29 is 23.8 Å². The van der Waals surface area contributed by atoms with E-state index in [9.17, 15) is 9.59 Å². The van der Waals surface area contributed by atoms with Crippen molar-refractivity contribution in [1.29, 1.82) is 0 Å². The smallest absolute Gasteiger partial charge is 0.344 e. The van der Waals surface area contributed by atoms with Crippen LogP contribution in [0.5, 0.6) is 0 Å². The zero-order valence-electron chi connectivity index (χ0n) is 20.2. The van der Waals surface area contributed by atoms with Crippen LogP contribution in [0.15, 0.2) is 11.1 Å². The molecule has 0 spiro atoms. The summed E-state index contributed by atoms with van der Waals surface area (Å²) in [6.07, 6.45) is 19.8. The first-order valence-electron chi connectivity index (χ1n) is 12.8. The lowest BCUT2D eigenvalue weighted by molar-refractivity contribution is -0.151. The van der Waals surface area contributed by atoms with Crippen molar-refractivity contribution in [1.82, 2.24) is 0 Å². The Morgan fingerprint density at radius 3 is 1.19 bits per heavy atom. The first kappa shape index (κ1) is 27.8. The Balaban J connectivity index is 2.12. The van der Waals surface area contributed by atoms with Crippen LogP contribution >= 0.6 is 0 Å². The van der Waals surface area contributed by atoms with Gasteiger partial charge in [0.2, 0.25) is 0 Å². The van der Waals surface area contributed by atoms with Crippen LogP contribution in [0.4, 0.5) is 0 Å². The predicted octanol–water partition coefficient (Wildman–Crippen LogP) is 6.68. The molecule has 0 atom stereocenters. The molecule has 0 N–H and O–H groups in total. The zero-order chi connectivity index (χ0) is 22.6. The molecule has 0 bridgehead atoms. The van der Waals surface area contributed by atoms with E-state index in [1.807, 2.05) is 0 Å². The van der Waals surface area contributed by atoms with Gasteiger partial charge in [-0.15, -0.1) is 0 Å². The number of carbonyl (C=O) groups excluding carboxylic acids is 2. The Hall–Kier alpha value is -1.20. The topological polar surface area (TPSA) is 61.8 Å². The van der Waals surface area contributed by atoms with E-state index in [-0.39, 0.29) is 13.2 Å². The van der Waals surface area contributed by atoms with Crippen molar-refractivity contribution in [3.8, 4) is 0 Å². The Morgan fingerprint density at radius 1 is 0.516 bits per heavy atom. The highest BCUT2D eigenvalue weighted by Gasteiger charge is 2.32. The average molecular weight is 439 g/mol. The van der Waals surface area contributed by atoms with E-state index in [1.54, 1.807) is 0 Å². The summed E-state index contributed by atoms with van der Waals surface area (Å²) in [4.78, 5) is 23.9. The molecule has 5 nitrogen and oxygen atoms in total. The predicted molar refractivity (Wildman–Crippen MR) is 125 cm³/mol. The molecule has 1 aliphatic heterocycles. The number of esters is 2. The van der Waals surface area contributed by atoms with Gasteiger partial charge < -0.3 is 14.2 Å². The van der Waals surface area contributed by atoms with Gasteiger partial charge in [0.25, 0.3) is 0 Å². The van der Waals surface area contributed by atoms with E-state index in [0.717, 1.165) is 25.7 Å². The Bertz CT molecular complexity index is 468. The number of unbranched alkanes of at least 4 members (excludes halogenated alkanes) is 14. The molecule has 0 saturated heterocycles. The Morgan fingerprint density at radius 2 is 0.839 bits per heavy atom. The van der Waals surface area contributed by atoms with Crippen LogP contribution in [0, 0.1) is 0 Å². The van der Waals surface area contributed by atoms with Crippen LogP contribution < -0.4 is 0 Å². The first-order valence-corrected chi connectivity index (χ1v) is 12.8. The van der Waals surface area contributed by atoms with Crippen LogP contribution in [0.3, 0.4) is 0 Å². The molecule has 31 heavy (non-hydrogen) atoms. The Kier molecular flexibility index (Phi) is 17.5. The van der Waals surface area contributed by atoms with Crippen LogP contribution in [0.2, 0.25) is 0 Å². The highest BCUT2D eigenvalue weighted by Crippen LogP contribution is 2.19. The van der Waals surface area contributed by atoms with Gasteiger partial charge in [0.15, 0.2) is 0 Å².